The first-order valence-corrected chi connectivity index (χ1v) is 8.03. The van der Waals surface area contributed by atoms with Crippen LogP contribution in [0.2, 0.25) is 0 Å². The lowest BCUT2D eigenvalue weighted by Gasteiger charge is -2.42. The van der Waals surface area contributed by atoms with E-state index in [0.717, 1.165) is 18.7 Å². The van der Waals surface area contributed by atoms with Gasteiger partial charge in [-0.15, -0.1) is 0 Å². The monoisotopic (exact) mass is 275 g/mol. The number of nitrogens with one attached hydrogen (secondary N) is 1. The largest absolute Gasteiger partial charge is 0.487 e. The molecule has 2 nitrogen and oxygen atoms in total. The highest BCUT2D eigenvalue weighted by molar-refractivity contribution is 5.31. The van der Waals surface area contributed by atoms with Gasteiger partial charge in [-0.1, -0.05) is 39.8 Å². The first kappa shape index (κ1) is 15.4. The van der Waals surface area contributed by atoms with Gasteiger partial charge in [-0.05, 0) is 55.8 Å². The van der Waals surface area contributed by atoms with Gasteiger partial charge in [0.2, 0.25) is 0 Å². The van der Waals surface area contributed by atoms with Crippen LogP contribution in [0.15, 0.2) is 24.3 Å². The molecule has 0 bridgehead atoms. The molecule has 0 amide bonds. The summed E-state index contributed by atoms with van der Waals surface area (Å²) in [6, 6.07) is 9.16. The molecule has 0 aliphatic heterocycles. The molecular formula is C18H29NO. The van der Waals surface area contributed by atoms with Crippen LogP contribution in [0, 0.1) is 0 Å². The van der Waals surface area contributed by atoms with Crippen LogP contribution in [0.5, 0.6) is 5.75 Å². The summed E-state index contributed by atoms with van der Waals surface area (Å²) in [7, 11) is 0. The van der Waals surface area contributed by atoms with Gasteiger partial charge >= 0.3 is 0 Å². The first-order valence-electron chi connectivity index (χ1n) is 8.03. The summed E-state index contributed by atoms with van der Waals surface area (Å²) in [5, 5.41) is 3.50. The van der Waals surface area contributed by atoms with Crippen LogP contribution in [0.1, 0.15) is 64.9 Å². The third kappa shape index (κ3) is 3.99. The molecule has 2 rings (SSSR count). The second kappa shape index (κ2) is 6.62. The third-order valence-corrected chi connectivity index (χ3v) is 4.26. The van der Waals surface area contributed by atoms with Crippen molar-refractivity contribution in [2.45, 2.75) is 70.9 Å². The predicted octanol–water partition coefficient (Wildman–Crippen LogP) is 4.50. The van der Waals surface area contributed by atoms with E-state index in [1.807, 2.05) is 0 Å². The second-order valence-electron chi connectivity index (χ2n) is 6.72. The lowest BCUT2D eigenvalue weighted by molar-refractivity contribution is -0.0146. The highest BCUT2D eigenvalue weighted by atomic mass is 16.5. The molecule has 0 unspecified atom stereocenters. The Hall–Kier alpha value is -1.02. The molecule has 1 N–H and O–H groups in total. The van der Waals surface area contributed by atoms with Gasteiger partial charge in [0.05, 0.1) is 0 Å². The lowest BCUT2D eigenvalue weighted by atomic mass is 9.77. The Labute approximate surface area is 123 Å². The fourth-order valence-corrected chi connectivity index (χ4v) is 2.75. The van der Waals surface area contributed by atoms with Crippen molar-refractivity contribution in [3.8, 4) is 5.75 Å². The Kier molecular flexibility index (Phi) is 5.09. The molecule has 1 aliphatic carbocycles. The Balaban J connectivity index is 1.97. The minimum atomic E-state index is 0.0808. The predicted molar refractivity (Wildman–Crippen MR) is 85.5 cm³/mol. The molecule has 0 saturated heterocycles. The van der Waals surface area contributed by atoms with Crippen LogP contribution in [-0.2, 0) is 0 Å². The molecule has 1 saturated carbocycles. The van der Waals surface area contributed by atoms with Gasteiger partial charge in [-0.25, -0.2) is 0 Å². The average Bonchev–Trinajstić information content (AvgIpc) is 2.35. The van der Waals surface area contributed by atoms with Crippen LogP contribution in [-0.4, -0.2) is 18.2 Å². The van der Waals surface area contributed by atoms with E-state index in [1.165, 1.54) is 24.8 Å². The summed E-state index contributed by atoms with van der Waals surface area (Å²) in [6.07, 6.45) is 4.79. The van der Waals surface area contributed by atoms with E-state index in [1.54, 1.807) is 0 Å². The van der Waals surface area contributed by atoms with Gasteiger partial charge in [-0.3, -0.25) is 0 Å². The highest BCUT2D eigenvalue weighted by Crippen LogP contribution is 2.39. The highest BCUT2D eigenvalue weighted by Gasteiger charge is 2.38. The zero-order valence-electron chi connectivity index (χ0n) is 13.4. The van der Waals surface area contributed by atoms with Gasteiger partial charge in [0.15, 0.2) is 0 Å². The standard InChI is InChI=1S/C18H29NO/c1-14(2)16-7-5-8-17(13-16)20-18(9-6-10-18)11-12-19-15(3)4/h5,7-8,13-15,19H,6,9-12H2,1-4H3. The second-order valence-corrected chi connectivity index (χ2v) is 6.72. The minimum Gasteiger partial charge on any atom is -0.487 e. The summed E-state index contributed by atoms with van der Waals surface area (Å²) < 4.78 is 6.37. The van der Waals surface area contributed by atoms with E-state index in [4.69, 9.17) is 4.74 Å². The van der Waals surface area contributed by atoms with Crippen LogP contribution >= 0.6 is 0 Å². The topological polar surface area (TPSA) is 21.3 Å². The number of rotatable bonds is 7. The van der Waals surface area contributed by atoms with E-state index in [9.17, 15) is 0 Å². The van der Waals surface area contributed by atoms with E-state index in [0.29, 0.717) is 12.0 Å². The molecule has 1 aromatic rings. The molecule has 0 aromatic heterocycles. The van der Waals surface area contributed by atoms with Gasteiger partial charge in [-0.2, -0.15) is 0 Å². The van der Waals surface area contributed by atoms with Gasteiger partial charge in [0, 0.05) is 6.04 Å². The summed E-state index contributed by atoms with van der Waals surface area (Å²) in [5.41, 5.74) is 1.44. The van der Waals surface area contributed by atoms with Crippen molar-refractivity contribution in [1.82, 2.24) is 5.32 Å². The molecule has 0 heterocycles. The molecule has 112 valence electrons. The van der Waals surface area contributed by atoms with Crippen molar-refractivity contribution in [2.24, 2.45) is 0 Å². The fraction of sp³-hybridized carbons (Fsp3) is 0.667. The maximum absolute atomic E-state index is 6.37. The molecular weight excluding hydrogens is 246 g/mol. The maximum atomic E-state index is 6.37. The Morgan fingerprint density at radius 1 is 1.20 bits per heavy atom. The van der Waals surface area contributed by atoms with Crippen LogP contribution < -0.4 is 10.1 Å². The maximum Gasteiger partial charge on any atom is 0.120 e. The number of hydrogen-bond donors (Lipinski definition) is 1. The molecule has 1 aliphatic rings. The third-order valence-electron chi connectivity index (χ3n) is 4.26. The number of hydrogen-bond acceptors (Lipinski definition) is 2. The summed E-state index contributed by atoms with van der Waals surface area (Å²) in [5.74, 6) is 1.60. The van der Waals surface area contributed by atoms with E-state index in [2.05, 4.69) is 57.3 Å². The van der Waals surface area contributed by atoms with Crippen molar-refractivity contribution in [3.05, 3.63) is 29.8 Å². The number of benzene rings is 1. The normalized spacial score (nSPS) is 17.3. The number of ether oxygens (including phenoxy) is 1. The molecule has 1 fully saturated rings. The van der Waals surface area contributed by atoms with Crippen LogP contribution in [0.3, 0.4) is 0 Å². The van der Waals surface area contributed by atoms with E-state index >= 15 is 0 Å². The lowest BCUT2D eigenvalue weighted by Crippen LogP contribution is -2.45. The van der Waals surface area contributed by atoms with Gasteiger partial charge < -0.3 is 10.1 Å². The summed E-state index contributed by atoms with van der Waals surface area (Å²) >= 11 is 0. The van der Waals surface area contributed by atoms with E-state index < -0.39 is 0 Å². The average molecular weight is 275 g/mol. The van der Waals surface area contributed by atoms with Crippen molar-refractivity contribution >= 4 is 0 Å². The molecule has 0 atom stereocenters. The van der Waals surface area contributed by atoms with Crippen LogP contribution in [0.25, 0.3) is 0 Å². The van der Waals surface area contributed by atoms with Crippen molar-refractivity contribution in [2.75, 3.05) is 6.54 Å². The summed E-state index contributed by atoms with van der Waals surface area (Å²) in [4.78, 5) is 0. The van der Waals surface area contributed by atoms with Gasteiger partial charge in [0.1, 0.15) is 11.4 Å². The SMILES string of the molecule is CC(C)NCCC1(Oc2cccc(C(C)C)c2)CCC1. The smallest absolute Gasteiger partial charge is 0.120 e. The Morgan fingerprint density at radius 3 is 2.50 bits per heavy atom. The molecule has 0 spiro atoms. The Morgan fingerprint density at radius 2 is 1.95 bits per heavy atom. The quantitative estimate of drug-likeness (QED) is 0.791. The summed E-state index contributed by atoms with van der Waals surface area (Å²) in [6.45, 7) is 9.89. The van der Waals surface area contributed by atoms with Crippen LogP contribution in [0.4, 0.5) is 0 Å². The molecule has 0 radical (unpaired) electrons. The molecule has 20 heavy (non-hydrogen) atoms. The van der Waals surface area contributed by atoms with Crippen molar-refractivity contribution < 1.29 is 4.74 Å². The Bertz CT molecular complexity index is 421. The molecule has 2 heteroatoms. The fourth-order valence-electron chi connectivity index (χ4n) is 2.75. The zero-order chi connectivity index (χ0) is 14.6. The minimum absolute atomic E-state index is 0.0808. The zero-order valence-corrected chi connectivity index (χ0v) is 13.4. The van der Waals surface area contributed by atoms with Gasteiger partial charge in [0.25, 0.3) is 0 Å². The van der Waals surface area contributed by atoms with Crippen molar-refractivity contribution in [1.29, 1.82) is 0 Å². The van der Waals surface area contributed by atoms with E-state index in [-0.39, 0.29) is 5.60 Å². The first-order chi connectivity index (χ1) is 9.51. The molecule has 1 aromatic carbocycles. The van der Waals surface area contributed by atoms with Crippen molar-refractivity contribution in [3.63, 3.8) is 0 Å².